The number of hydrogen-bond acceptors (Lipinski definition) is 7. The van der Waals surface area contributed by atoms with Crippen molar-refractivity contribution in [2.24, 2.45) is 0 Å². The van der Waals surface area contributed by atoms with Crippen LogP contribution in [-0.2, 0) is 9.47 Å². The van der Waals surface area contributed by atoms with Crippen LogP contribution in [0.15, 0.2) is 29.5 Å². The van der Waals surface area contributed by atoms with Crippen LogP contribution in [-0.4, -0.2) is 26.4 Å². The molecule has 0 spiro atoms. The Morgan fingerprint density at radius 2 is 2.25 bits per heavy atom. The number of benzene rings is 1. The Hall–Kier alpha value is -2.02. The van der Waals surface area contributed by atoms with Gasteiger partial charge in [-0.15, -0.1) is 0 Å². The van der Waals surface area contributed by atoms with Crippen LogP contribution in [0.3, 0.4) is 0 Å². The van der Waals surface area contributed by atoms with Crippen molar-refractivity contribution in [3.8, 4) is 5.75 Å². The number of carbonyl (C=O) groups excluding carboxylic acids is 1. The SMILES string of the molecule is COC(=O)c1ccc(NSC2=COC(C)N2)c(OC)c1. The topological polar surface area (TPSA) is 68.8 Å². The van der Waals surface area contributed by atoms with Crippen molar-refractivity contribution in [1.82, 2.24) is 5.32 Å². The fourth-order valence-corrected chi connectivity index (χ4v) is 2.33. The van der Waals surface area contributed by atoms with Gasteiger partial charge in [-0.3, -0.25) is 0 Å². The van der Waals surface area contributed by atoms with Crippen LogP contribution in [0, 0.1) is 0 Å². The molecule has 0 radical (unpaired) electrons. The van der Waals surface area contributed by atoms with Crippen LogP contribution in [0.4, 0.5) is 5.69 Å². The molecule has 1 aromatic rings. The summed E-state index contributed by atoms with van der Waals surface area (Å²) in [5.41, 5.74) is 1.20. The lowest BCUT2D eigenvalue weighted by Gasteiger charge is -2.12. The average Bonchev–Trinajstić information content (AvgIpc) is 2.89. The molecule has 1 unspecified atom stereocenters. The normalized spacial score (nSPS) is 16.8. The zero-order valence-corrected chi connectivity index (χ0v) is 12.2. The molecule has 1 aliphatic rings. The Bertz CT molecular complexity index is 533. The van der Waals surface area contributed by atoms with Crippen molar-refractivity contribution in [2.45, 2.75) is 13.2 Å². The Morgan fingerprint density at radius 3 is 2.85 bits per heavy atom. The maximum absolute atomic E-state index is 11.5. The molecule has 6 nitrogen and oxygen atoms in total. The van der Waals surface area contributed by atoms with E-state index in [2.05, 4.69) is 14.8 Å². The molecule has 7 heteroatoms. The molecule has 0 amide bonds. The Balaban J connectivity index is 2.06. The third-order valence-electron chi connectivity index (χ3n) is 2.62. The summed E-state index contributed by atoms with van der Waals surface area (Å²) in [7, 11) is 2.89. The monoisotopic (exact) mass is 296 g/mol. The number of rotatable bonds is 5. The Kier molecular flexibility index (Phi) is 4.62. The standard InChI is InChI=1S/C13H16N2O4S/c1-8-14-12(7-19-8)20-15-10-5-4-9(13(16)18-3)6-11(10)17-2/h4-8,14-15H,1-3H3. The van der Waals surface area contributed by atoms with E-state index in [1.54, 1.807) is 31.6 Å². The summed E-state index contributed by atoms with van der Waals surface area (Å²) in [6.45, 7) is 1.91. The molecule has 1 aliphatic heterocycles. The zero-order valence-electron chi connectivity index (χ0n) is 11.4. The molecule has 0 bridgehead atoms. The van der Waals surface area contributed by atoms with Gasteiger partial charge in [-0.05, 0) is 25.1 Å². The fourth-order valence-electron chi connectivity index (χ4n) is 1.62. The second-order valence-corrected chi connectivity index (χ2v) is 4.86. The molecule has 2 rings (SSSR count). The Labute approximate surface area is 121 Å². The largest absolute Gasteiger partial charge is 0.495 e. The maximum Gasteiger partial charge on any atom is 0.337 e. The van der Waals surface area contributed by atoms with Gasteiger partial charge >= 0.3 is 5.97 Å². The minimum Gasteiger partial charge on any atom is -0.495 e. The van der Waals surface area contributed by atoms with E-state index in [0.29, 0.717) is 11.3 Å². The highest BCUT2D eigenvalue weighted by Gasteiger charge is 2.14. The lowest BCUT2D eigenvalue weighted by Crippen LogP contribution is -2.18. The number of esters is 1. The van der Waals surface area contributed by atoms with E-state index in [1.807, 2.05) is 6.92 Å². The highest BCUT2D eigenvalue weighted by atomic mass is 32.2. The molecule has 0 saturated carbocycles. The third kappa shape index (κ3) is 3.30. The lowest BCUT2D eigenvalue weighted by molar-refractivity contribution is 0.0600. The van der Waals surface area contributed by atoms with Crippen molar-refractivity contribution in [1.29, 1.82) is 0 Å². The summed E-state index contributed by atoms with van der Waals surface area (Å²) in [6, 6.07) is 5.06. The molecule has 1 heterocycles. The molecular weight excluding hydrogens is 280 g/mol. The van der Waals surface area contributed by atoms with E-state index in [4.69, 9.17) is 9.47 Å². The van der Waals surface area contributed by atoms with E-state index >= 15 is 0 Å². The van der Waals surface area contributed by atoms with Gasteiger partial charge in [0, 0.05) is 11.9 Å². The van der Waals surface area contributed by atoms with E-state index in [-0.39, 0.29) is 6.23 Å². The van der Waals surface area contributed by atoms with E-state index < -0.39 is 5.97 Å². The quantitative estimate of drug-likeness (QED) is 0.638. The molecule has 2 N–H and O–H groups in total. The van der Waals surface area contributed by atoms with Gasteiger partial charge in [0.1, 0.15) is 17.0 Å². The van der Waals surface area contributed by atoms with E-state index in [9.17, 15) is 4.79 Å². The van der Waals surface area contributed by atoms with Gasteiger partial charge in [-0.2, -0.15) is 0 Å². The van der Waals surface area contributed by atoms with Gasteiger partial charge in [-0.25, -0.2) is 4.79 Å². The number of ether oxygens (including phenoxy) is 3. The molecule has 0 fully saturated rings. The summed E-state index contributed by atoms with van der Waals surface area (Å²) in [4.78, 5) is 11.5. The summed E-state index contributed by atoms with van der Waals surface area (Å²) in [5, 5.41) is 4.00. The van der Waals surface area contributed by atoms with Crippen LogP contribution in [0.5, 0.6) is 5.75 Å². The van der Waals surface area contributed by atoms with Crippen LogP contribution in [0.1, 0.15) is 17.3 Å². The summed E-state index contributed by atoms with van der Waals surface area (Å²) >= 11 is 1.37. The second-order valence-electron chi connectivity index (χ2n) is 4.02. The summed E-state index contributed by atoms with van der Waals surface area (Å²) in [6.07, 6.45) is 1.63. The van der Waals surface area contributed by atoms with Crippen molar-refractivity contribution in [2.75, 3.05) is 18.9 Å². The molecular formula is C13H16N2O4S. The summed E-state index contributed by atoms with van der Waals surface area (Å²) in [5.74, 6) is 0.165. The van der Waals surface area contributed by atoms with Crippen molar-refractivity contribution in [3.05, 3.63) is 35.1 Å². The Morgan fingerprint density at radius 1 is 1.45 bits per heavy atom. The minimum atomic E-state index is -0.398. The number of nitrogens with one attached hydrogen (secondary N) is 2. The number of hydrogen-bond donors (Lipinski definition) is 2. The van der Waals surface area contributed by atoms with Crippen LogP contribution < -0.4 is 14.8 Å². The van der Waals surface area contributed by atoms with E-state index in [0.717, 1.165) is 10.7 Å². The van der Waals surface area contributed by atoms with Gasteiger partial charge in [-0.1, -0.05) is 0 Å². The average molecular weight is 296 g/mol. The smallest absolute Gasteiger partial charge is 0.337 e. The summed E-state index contributed by atoms with van der Waals surface area (Å²) < 4.78 is 18.3. The molecule has 1 atom stereocenters. The van der Waals surface area contributed by atoms with Gasteiger partial charge in [0.2, 0.25) is 0 Å². The highest BCUT2D eigenvalue weighted by molar-refractivity contribution is 8.04. The molecule has 0 saturated heterocycles. The van der Waals surface area contributed by atoms with Gasteiger partial charge in [0.05, 0.1) is 25.5 Å². The predicted octanol–water partition coefficient (Wildman–Crippen LogP) is 2.31. The first kappa shape index (κ1) is 14.4. The number of anilines is 1. The van der Waals surface area contributed by atoms with Crippen LogP contribution >= 0.6 is 11.9 Å². The maximum atomic E-state index is 11.5. The van der Waals surface area contributed by atoms with Gasteiger partial charge < -0.3 is 24.2 Å². The predicted molar refractivity (Wildman–Crippen MR) is 77.3 cm³/mol. The van der Waals surface area contributed by atoms with Crippen molar-refractivity contribution in [3.63, 3.8) is 0 Å². The minimum absolute atomic E-state index is 0.0251. The lowest BCUT2D eigenvalue weighted by atomic mass is 10.2. The zero-order chi connectivity index (χ0) is 14.5. The van der Waals surface area contributed by atoms with Gasteiger partial charge in [0.25, 0.3) is 0 Å². The van der Waals surface area contributed by atoms with E-state index in [1.165, 1.54) is 19.1 Å². The van der Waals surface area contributed by atoms with Crippen LogP contribution in [0.25, 0.3) is 0 Å². The molecule has 20 heavy (non-hydrogen) atoms. The molecule has 1 aromatic carbocycles. The molecule has 0 aliphatic carbocycles. The third-order valence-corrected chi connectivity index (χ3v) is 3.37. The second kappa shape index (κ2) is 6.42. The highest BCUT2D eigenvalue weighted by Crippen LogP contribution is 2.30. The first-order valence-corrected chi connectivity index (χ1v) is 6.77. The van der Waals surface area contributed by atoms with Crippen molar-refractivity contribution >= 4 is 23.6 Å². The fraction of sp³-hybridized carbons (Fsp3) is 0.308. The van der Waals surface area contributed by atoms with Gasteiger partial charge in [0.15, 0.2) is 6.23 Å². The molecule has 108 valence electrons. The molecule has 0 aromatic heterocycles. The van der Waals surface area contributed by atoms with Crippen LogP contribution in [0.2, 0.25) is 0 Å². The number of carbonyl (C=O) groups is 1. The first-order chi connectivity index (χ1) is 9.63. The van der Waals surface area contributed by atoms with Crippen molar-refractivity contribution < 1.29 is 19.0 Å². The number of methoxy groups -OCH3 is 2. The first-order valence-electron chi connectivity index (χ1n) is 5.95.